The topological polar surface area (TPSA) is 15.3 Å². The summed E-state index contributed by atoms with van der Waals surface area (Å²) >= 11 is 0. The molecule has 0 aromatic heterocycles. The molecule has 1 rings (SSSR count). The molecule has 1 aliphatic rings. The summed E-state index contributed by atoms with van der Waals surface area (Å²) in [5, 5.41) is 3.38. The van der Waals surface area contributed by atoms with Crippen molar-refractivity contribution in [3.63, 3.8) is 0 Å². The van der Waals surface area contributed by atoms with Crippen molar-refractivity contribution >= 4 is 0 Å². The molecule has 13 heavy (non-hydrogen) atoms. The van der Waals surface area contributed by atoms with Crippen molar-refractivity contribution in [2.75, 3.05) is 13.6 Å². The molecule has 0 bridgehead atoms. The van der Waals surface area contributed by atoms with Crippen LogP contribution in [0.4, 0.5) is 0 Å². The molecule has 1 heterocycles. The van der Waals surface area contributed by atoms with Crippen molar-refractivity contribution in [1.82, 2.24) is 10.2 Å². The van der Waals surface area contributed by atoms with E-state index in [2.05, 4.69) is 38.0 Å². The highest BCUT2D eigenvalue weighted by atomic mass is 15.2. The molecule has 1 saturated heterocycles. The van der Waals surface area contributed by atoms with Crippen molar-refractivity contribution in [3.8, 4) is 0 Å². The van der Waals surface area contributed by atoms with E-state index in [0.29, 0.717) is 12.1 Å². The fourth-order valence-electron chi connectivity index (χ4n) is 2.35. The molecule has 2 unspecified atom stereocenters. The van der Waals surface area contributed by atoms with Gasteiger partial charge in [-0.1, -0.05) is 6.42 Å². The first kappa shape index (κ1) is 11.0. The Hall–Kier alpha value is -0.0800. The van der Waals surface area contributed by atoms with E-state index in [1.54, 1.807) is 0 Å². The van der Waals surface area contributed by atoms with E-state index >= 15 is 0 Å². The van der Waals surface area contributed by atoms with Crippen LogP contribution in [-0.4, -0.2) is 36.6 Å². The highest BCUT2D eigenvalue weighted by molar-refractivity contribution is 4.85. The highest BCUT2D eigenvalue weighted by Gasteiger charge is 2.27. The van der Waals surface area contributed by atoms with E-state index in [1.807, 2.05) is 0 Å². The van der Waals surface area contributed by atoms with Crippen molar-refractivity contribution in [2.45, 2.75) is 58.2 Å². The van der Waals surface area contributed by atoms with Crippen LogP contribution < -0.4 is 5.32 Å². The van der Waals surface area contributed by atoms with Gasteiger partial charge in [-0.15, -0.1) is 0 Å². The quantitative estimate of drug-likeness (QED) is 0.720. The number of likely N-dealkylation sites (N-methyl/N-ethyl adjacent to an activating group) is 1. The summed E-state index contributed by atoms with van der Waals surface area (Å²) in [5.41, 5.74) is 0. The zero-order valence-electron chi connectivity index (χ0n) is 9.51. The standard InChI is InChI=1S/C11H24N2/c1-9(2)13-8-6-5-7-11(13)10(3)12-4/h9-12H,5-8H2,1-4H3. The molecule has 1 aliphatic heterocycles. The molecular formula is C11H24N2. The highest BCUT2D eigenvalue weighted by Crippen LogP contribution is 2.21. The van der Waals surface area contributed by atoms with Crippen LogP contribution in [0.15, 0.2) is 0 Å². The van der Waals surface area contributed by atoms with Gasteiger partial charge in [0, 0.05) is 18.1 Å². The van der Waals surface area contributed by atoms with Gasteiger partial charge < -0.3 is 5.32 Å². The smallest absolute Gasteiger partial charge is 0.0249 e. The van der Waals surface area contributed by atoms with Crippen LogP contribution in [0.5, 0.6) is 0 Å². The molecule has 2 atom stereocenters. The van der Waals surface area contributed by atoms with Gasteiger partial charge in [-0.05, 0) is 47.2 Å². The minimum atomic E-state index is 0.628. The maximum Gasteiger partial charge on any atom is 0.0249 e. The molecule has 0 aliphatic carbocycles. The Morgan fingerprint density at radius 1 is 1.23 bits per heavy atom. The maximum absolute atomic E-state index is 3.38. The molecule has 1 fully saturated rings. The molecule has 0 aromatic rings. The zero-order valence-corrected chi connectivity index (χ0v) is 9.51. The Labute approximate surface area is 82.7 Å². The predicted octanol–water partition coefficient (Wildman–Crippen LogP) is 1.86. The Morgan fingerprint density at radius 3 is 2.46 bits per heavy atom. The fourth-order valence-corrected chi connectivity index (χ4v) is 2.35. The average Bonchev–Trinajstić information content (AvgIpc) is 2.16. The van der Waals surface area contributed by atoms with Crippen LogP contribution >= 0.6 is 0 Å². The summed E-state index contributed by atoms with van der Waals surface area (Å²) in [5.74, 6) is 0. The summed E-state index contributed by atoms with van der Waals surface area (Å²) in [6, 6.07) is 2.07. The van der Waals surface area contributed by atoms with Gasteiger partial charge in [-0.2, -0.15) is 0 Å². The van der Waals surface area contributed by atoms with Gasteiger partial charge in [0.25, 0.3) is 0 Å². The van der Waals surface area contributed by atoms with Gasteiger partial charge in [0.1, 0.15) is 0 Å². The van der Waals surface area contributed by atoms with E-state index in [4.69, 9.17) is 0 Å². The predicted molar refractivity (Wildman–Crippen MR) is 58.0 cm³/mol. The molecule has 2 heteroatoms. The van der Waals surface area contributed by atoms with Crippen LogP contribution in [0, 0.1) is 0 Å². The lowest BCUT2D eigenvalue weighted by atomic mass is 9.95. The largest absolute Gasteiger partial charge is 0.316 e. The average molecular weight is 184 g/mol. The van der Waals surface area contributed by atoms with Crippen molar-refractivity contribution in [3.05, 3.63) is 0 Å². The normalized spacial score (nSPS) is 27.9. The van der Waals surface area contributed by atoms with E-state index < -0.39 is 0 Å². The first-order valence-corrected chi connectivity index (χ1v) is 5.59. The molecule has 1 N–H and O–H groups in total. The van der Waals surface area contributed by atoms with Crippen molar-refractivity contribution in [2.24, 2.45) is 0 Å². The lowest BCUT2D eigenvalue weighted by molar-refractivity contribution is 0.0897. The number of piperidine rings is 1. The molecule has 2 nitrogen and oxygen atoms in total. The third-order valence-electron chi connectivity index (χ3n) is 3.29. The van der Waals surface area contributed by atoms with Gasteiger partial charge in [0.2, 0.25) is 0 Å². The second kappa shape index (κ2) is 4.97. The first-order chi connectivity index (χ1) is 6.16. The number of nitrogens with one attached hydrogen (secondary N) is 1. The molecule has 0 spiro atoms. The number of rotatable bonds is 3. The van der Waals surface area contributed by atoms with E-state index in [-0.39, 0.29) is 0 Å². The molecular weight excluding hydrogens is 160 g/mol. The van der Waals surface area contributed by atoms with E-state index in [1.165, 1.54) is 25.8 Å². The Kier molecular flexibility index (Phi) is 4.20. The molecule has 0 radical (unpaired) electrons. The number of hydrogen-bond acceptors (Lipinski definition) is 2. The molecule has 0 aromatic carbocycles. The van der Waals surface area contributed by atoms with Crippen molar-refractivity contribution < 1.29 is 0 Å². The number of hydrogen-bond donors (Lipinski definition) is 1. The van der Waals surface area contributed by atoms with Gasteiger partial charge >= 0.3 is 0 Å². The Bertz CT molecular complexity index is 145. The second-order valence-electron chi connectivity index (χ2n) is 4.47. The molecule has 0 saturated carbocycles. The first-order valence-electron chi connectivity index (χ1n) is 5.59. The minimum absolute atomic E-state index is 0.628. The van der Waals surface area contributed by atoms with Crippen LogP contribution in [0.2, 0.25) is 0 Å². The van der Waals surface area contributed by atoms with Crippen LogP contribution in [-0.2, 0) is 0 Å². The number of nitrogens with zero attached hydrogens (tertiary/aromatic N) is 1. The maximum atomic E-state index is 3.38. The Balaban J connectivity index is 2.56. The minimum Gasteiger partial charge on any atom is -0.316 e. The summed E-state index contributed by atoms with van der Waals surface area (Å²) < 4.78 is 0. The lowest BCUT2D eigenvalue weighted by Gasteiger charge is -2.41. The SMILES string of the molecule is CNC(C)C1CCCCN1C(C)C. The van der Waals surface area contributed by atoms with Gasteiger partial charge in [-0.25, -0.2) is 0 Å². The van der Waals surface area contributed by atoms with Gasteiger partial charge in [-0.3, -0.25) is 4.90 Å². The second-order valence-corrected chi connectivity index (χ2v) is 4.47. The summed E-state index contributed by atoms with van der Waals surface area (Å²) in [7, 11) is 2.07. The molecule has 78 valence electrons. The third kappa shape index (κ3) is 2.68. The van der Waals surface area contributed by atoms with Crippen LogP contribution in [0.1, 0.15) is 40.0 Å². The van der Waals surface area contributed by atoms with Gasteiger partial charge in [0.05, 0.1) is 0 Å². The summed E-state index contributed by atoms with van der Waals surface area (Å²) in [6.07, 6.45) is 4.14. The lowest BCUT2D eigenvalue weighted by Crippen LogP contribution is -2.52. The Morgan fingerprint density at radius 2 is 1.92 bits per heavy atom. The molecule has 0 amide bonds. The van der Waals surface area contributed by atoms with E-state index in [0.717, 1.165) is 6.04 Å². The van der Waals surface area contributed by atoms with E-state index in [9.17, 15) is 0 Å². The van der Waals surface area contributed by atoms with Crippen molar-refractivity contribution in [1.29, 1.82) is 0 Å². The van der Waals surface area contributed by atoms with Crippen LogP contribution in [0.3, 0.4) is 0 Å². The summed E-state index contributed by atoms with van der Waals surface area (Å²) in [6.45, 7) is 8.20. The fraction of sp³-hybridized carbons (Fsp3) is 1.00. The third-order valence-corrected chi connectivity index (χ3v) is 3.29. The number of likely N-dealkylation sites (tertiary alicyclic amines) is 1. The summed E-state index contributed by atoms with van der Waals surface area (Å²) in [4.78, 5) is 2.64. The monoisotopic (exact) mass is 184 g/mol. The van der Waals surface area contributed by atoms with Crippen LogP contribution in [0.25, 0.3) is 0 Å². The zero-order chi connectivity index (χ0) is 9.84. The van der Waals surface area contributed by atoms with Gasteiger partial charge in [0.15, 0.2) is 0 Å².